The van der Waals surface area contributed by atoms with Crippen LogP contribution in [0.5, 0.6) is 0 Å². The van der Waals surface area contributed by atoms with Gasteiger partial charge in [0.25, 0.3) is 0 Å². The molecule has 21 heavy (non-hydrogen) atoms. The molecule has 0 saturated carbocycles. The zero-order valence-electron chi connectivity index (χ0n) is 12.7. The van der Waals surface area contributed by atoms with E-state index in [2.05, 4.69) is 5.32 Å². The maximum Gasteiger partial charge on any atom is 0.204 e. The fraction of sp³-hybridized carbons (Fsp3) is 0.250. The lowest BCUT2D eigenvalue weighted by molar-refractivity contribution is -0.116. The first-order valence-electron chi connectivity index (χ1n) is 6.63. The summed E-state index contributed by atoms with van der Waals surface area (Å²) in [6, 6.07) is 3.59. The highest BCUT2D eigenvalue weighted by Gasteiger charge is 2.22. The minimum atomic E-state index is -0.216. The van der Waals surface area contributed by atoms with Crippen molar-refractivity contribution < 1.29 is 9.59 Å². The maximum absolute atomic E-state index is 12.1. The van der Waals surface area contributed by atoms with E-state index < -0.39 is 0 Å². The van der Waals surface area contributed by atoms with Gasteiger partial charge < -0.3 is 16.0 Å². The molecule has 1 aliphatic carbocycles. The lowest BCUT2D eigenvalue weighted by Gasteiger charge is -2.20. The van der Waals surface area contributed by atoms with Gasteiger partial charge in [-0.1, -0.05) is 0 Å². The molecule has 3 N–H and O–H groups in total. The molecule has 0 bridgehead atoms. The van der Waals surface area contributed by atoms with E-state index in [-0.39, 0.29) is 17.3 Å². The highest BCUT2D eigenvalue weighted by atomic mass is 16.1. The molecular formula is C16H19N3O2. The Kier molecular flexibility index (Phi) is 3.84. The molecule has 0 heterocycles. The number of nitrogens with one attached hydrogen (secondary N) is 1. The van der Waals surface area contributed by atoms with Crippen molar-refractivity contribution in [1.82, 2.24) is 4.90 Å². The third-order valence-electron chi connectivity index (χ3n) is 3.64. The van der Waals surface area contributed by atoms with E-state index in [9.17, 15) is 9.59 Å². The average Bonchev–Trinajstić information content (AvgIpc) is 2.42. The van der Waals surface area contributed by atoms with Crippen LogP contribution in [0, 0.1) is 13.8 Å². The first-order valence-corrected chi connectivity index (χ1v) is 6.63. The molecule has 1 aromatic carbocycles. The molecule has 2 rings (SSSR count). The predicted molar refractivity (Wildman–Crippen MR) is 83.8 cm³/mol. The predicted octanol–water partition coefficient (Wildman–Crippen LogP) is 1.78. The van der Waals surface area contributed by atoms with Crippen LogP contribution in [0.15, 0.2) is 35.7 Å². The standard InChI is InChI=1S/C16H19N3O2/c1-9-10(2)12(6-5-11(9)17)18-13-7-16(21)14(19(3)4)8-15(13)20/h5-8,18H,17H2,1-4H3. The van der Waals surface area contributed by atoms with Gasteiger partial charge in [0.2, 0.25) is 11.6 Å². The number of anilines is 2. The summed E-state index contributed by atoms with van der Waals surface area (Å²) in [5, 5.41) is 3.03. The molecule has 0 saturated heterocycles. The molecule has 0 radical (unpaired) electrons. The second kappa shape index (κ2) is 5.44. The van der Waals surface area contributed by atoms with Crippen LogP contribution in [-0.2, 0) is 9.59 Å². The van der Waals surface area contributed by atoms with Crippen molar-refractivity contribution in [3.63, 3.8) is 0 Å². The number of hydrogen-bond acceptors (Lipinski definition) is 5. The number of carbonyl (C=O) groups excluding carboxylic acids is 2. The topological polar surface area (TPSA) is 75.4 Å². The Morgan fingerprint density at radius 3 is 2.29 bits per heavy atom. The number of rotatable bonds is 3. The van der Waals surface area contributed by atoms with Gasteiger partial charge in [0.1, 0.15) is 0 Å². The lowest BCUT2D eigenvalue weighted by Crippen LogP contribution is -2.25. The first kappa shape index (κ1) is 14.8. The van der Waals surface area contributed by atoms with Gasteiger partial charge in [-0.15, -0.1) is 0 Å². The number of allylic oxidation sites excluding steroid dienone is 2. The minimum Gasteiger partial charge on any atom is -0.399 e. The highest BCUT2D eigenvalue weighted by molar-refractivity contribution is 6.20. The SMILES string of the molecule is Cc1c(N)ccc(NC2=CC(=O)C(N(C)C)=CC2=O)c1C. The molecular weight excluding hydrogens is 266 g/mol. The monoisotopic (exact) mass is 285 g/mol. The fourth-order valence-corrected chi connectivity index (χ4v) is 2.12. The Morgan fingerprint density at radius 1 is 1.00 bits per heavy atom. The molecule has 0 spiro atoms. The van der Waals surface area contributed by atoms with E-state index in [1.54, 1.807) is 31.1 Å². The summed E-state index contributed by atoms with van der Waals surface area (Å²) in [7, 11) is 3.47. The number of nitrogen functional groups attached to an aromatic ring is 1. The molecule has 1 aliphatic rings. The van der Waals surface area contributed by atoms with Crippen molar-refractivity contribution >= 4 is 22.9 Å². The quantitative estimate of drug-likeness (QED) is 0.654. The van der Waals surface area contributed by atoms with Crippen molar-refractivity contribution in [3.05, 3.63) is 46.8 Å². The summed E-state index contributed by atoms with van der Waals surface area (Å²) in [4.78, 5) is 25.7. The summed E-state index contributed by atoms with van der Waals surface area (Å²) in [5.41, 5.74) is 9.90. The molecule has 110 valence electrons. The van der Waals surface area contributed by atoms with Crippen LogP contribution in [-0.4, -0.2) is 30.6 Å². The molecule has 0 unspecified atom stereocenters. The summed E-state index contributed by atoms with van der Waals surface area (Å²) in [6.07, 6.45) is 2.69. The van der Waals surface area contributed by atoms with Gasteiger partial charge in [0, 0.05) is 37.6 Å². The number of likely N-dealkylation sites (N-methyl/N-ethyl adjacent to an activating group) is 1. The first-order chi connectivity index (χ1) is 9.81. The van der Waals surface area contributed by atoms with Crippen LogP contribution >= 0.6 is 0 Å². The van der Waals surface area contributed by atoms with E-state index >= 15 is 0 Å². The van der Waals surface area contributed by atoms with Crippen LogP contribution in [0.2, 0.25) is 0 Å². The molecule has 5 nitrogen and oxygen atoms in total. The molecule has 5 heteroatoms. The Bertz CT molecular complexity index is 685. The van der Waals surface area contributed by atoms with Crippen molar-refractivity contribution in [1.29, 1.82) is 0 Å². The Balaban J connectivity index is 2.30. The van der Waals surface area contributed by atoms with Gasteiger partial charge in [-0.2, -0.15) is 0 Å². The lowest BCUT2D eigenvalue weighted by atomic mass is 10.0. The molecule has 0 aromatic heterocycles. The van der Waals surface area contributed by atoms with Crippen LogP contribution < -0.4 is 11.1 Å². The highest BCUT2D eigenvalue weighted by Crippen LogP contribution is 2.25. The number of ketones is 2. The van der Waals surface area contributed by atoms with E-state index in [0.29, 0.717) is 11.4 Å². The Labute approximate surface area is 124 Å². The van der Waals surface area contributed by atoms with Gasteiger partial charge >= 0.3 is 0 Å². The van der Waals surface area contributed by atoms with Gasteiger partial charge in [-0.25, -0.2) is 0 Å². The smallest absolute Gasteiger partial charge is 0.204 e. The largest absolute Gasteiger partial charge is 0.399 e. The van der Waals surface area contributed by atoms with Crippen molar-refractivity contribution in [2.75, 3.05) is 25.1 Å². The van der Waals surface area contributed by atoms with Gasteiger partial charge in [0.15, 0.2) is 0 Å². The molecule has 0 aliphatic heterocycles. The summed E-state index contributed by atoms with van der Waals surface area (Å²) in [6.45, 7) is 3.84. The summed E-state index contributed by atoms with van der Waals surface area (Å²) in [5.74, 6) is -0.404. The number of nitrogens with two attached hydrogens (primary N) is 1. The minimum absolute atomic E-state index is 0.188. The van der Waals surface area contributed by atoms with Gasteiger partial charge in [0.05, 0.1) is 11.4 Å². The Hall–Kier alpha value is -2.56. The third-order valence-corrected chi connectivity index (χ3v) is 3.64. The second-order valence-electron chi connectivity index (χ2n) is 5.29. The number of hydrogen-bond donors (Lipinski definition) is 2. The maximum atomic E-state index is 12.1. The number of nitrogens with zero attached hydrogens (tertiary/aromatic N) is 1. The third kappa shape index (κ3) is 2.81. The van der Waals surface area contributed by atoms with E-state index in [1.165, 1.54) is 12.2 Å². The van der Waals surface area contributed by atoms with Crippen LogP contribution in [0.4, 0.5) is 11.4 Å². The zero-order valence-corrected chi connectivity index (χ0v) is 12.7. The van der Waals surface area contributed by atoms with Crippen molar-refractivity contribution in [2.45, 2.75) is 13.8 Å². The normalized spacial score (nSPS) is 14.7. The molecule has 0 fully saturated rings. The Morgan fingerprint density at radius 2 is 1.67 bits per heavy atom. The van der Waals surface area contributed by atoms with Gasteiger partial charge in [-0.3, -0.25) is 9.59 Å². The zero-order chi connectivity index (χ0) is 15.7. The summed E-state index contributed by atoms with van der Waals surface area (Å²) < 4.78 is 0. The number of carbonyl (C=O) groups is 2. The van der Waals surface area contributed by atoms with Crippen LogP contribution in [0.1, 0.15) is 11.1 Å². The van der Waals surface area contributed by atoms with Crippen LogP contribution in [0.3, 0.4) is 0 Å². The van der Waals surface area contributed by atoms with Crippen LogP contribution in [0.25, 0.3) is 0 Å². The number of benzene rings is 1. The van der Waals surface area contributed by atoms with E-state index in [4.69, 9.17) is 5.73 Å². The van der Waals surface area contributed by atoms with E-state index in [1.807, 2.05) is 13.8 Å². The van der Waals surface area contributed by atoms with Crippen molar-refractivity contribution in [2.24, 2.45) is 0 Å². The fourth-order valence-electron chi connectivity index (χ4n) is 2.12. The second-order valence-corrected chi connectivity index (χ2v) is 5.29. The van der Waals surface area contributed by atoms with E-state index in [0.717, 1.165) is 16.8 Å². The average molecular weight is 285 g/mol. The summed E-state index contributed by atoms with van der Waals surface area (Å²) >= 11 is 0. The molecule has 1 aromatic rings. The molecule has 0 amide bonds. The van der Waals surface area contributed by atoms with Crippen molar-refractivity contribution in [3.8, 4) is 0 Å². The molecule has 0 atom stereocenters. The van der Waals surface area contributed by atoms with Gasteiger partial charge in [-0.05, 0) is 37.1 Å².